The zero-order chi connectivity index (χ0) is 12.0. The van der Waals surface area contributed by atoms with Gasteiger partial charge < -0.3 is 0 Å². The Bertz CT molecular complexity index is 292. The van der Waals surface area contributed by atoms with Gasteiger partial charge in [-0.15, -0.1) is 11.3 Å². The van der Waals surface area contributed by atoms with Crippen LogP contribution in [0.15, 0.2) is 12.1 Å². The molecule has 0 bridgehead atoms. The summed E-state index contributed by atoms with van der Waals surface area (Å²) < 4.78 is 0. The van der Waals surface area contributed by atoms with Gasteiger partial charge in [-0.2, -0.15) is 0 Å². The van der Waals surface area contributed by atoms with E-state index in [4.69, 9.17) is 5.84 Å². The van der Waals surface area contributed by atoms with Crippen LogP contribution in [0.2, 0.25) is 0 Å². The van der Waals surface area contributed by atoms with Gasteiger partial charge in [0.25, 0.3) is 0 Å². The van der Waals surface area contributed by atoms with E-state index in [2.05, 4.69) is 38.3 Å². The Kier molecular flexibility index (Phi) is 6.03. The maximum atomic E-state index is 5.67. The van der Waals surface area contributed by atoms with Crippen LogP contribution < -0.4 is 11.3 Å². The number of hydrogen-bond acceptors (Lipinski definition) is 3. The maximum Gasteiger partial charge on any atom is 0.0556 e. The van der Waals surface area contributed by atoms with E-state index < -0.39 is 0 Å². The van der Waals surface area contributed by atoms with Crippen molar-refractivity contribution in [2.45, 2.75) is 52.5 Å². The zero-order valence-corrected chi connectivity index (χ0v) is 11.4. The van der Waals surface area contributed by atoms with E-state index in [9.17, 15) is 0 Å². The van der Waals surface area contributed by atoms with Crippen molar-refractivity contribution in [2.75, 3.05) is 0 Å². The highest BCUT2D eigenvalue weighted by atomic mass is 32.1. The van der Waals surface area contributed by atoms with Crippen molar-refractivity contribution in [3.63, 3.8) is 0 Å². The van der Waals surface area contributed by atoms with Crippen LogP contribution in [0.25, 0.3) is 0 Å². The summed E-state index contributed by atoms with van der Waals surface area (Å²) in [6, 6.07) is 4.77. The molecule has 0 radical (unpaired) electrons. The summed E-state index contributed by atoms with van der Waals surface area (Å²) in [5.74, 6) is 6.44. The monoisotopic (exact) mass is 240 g/mol. The van der Waals surface area contributed by atoms with Gasteiger partial charge in [0.15, 0.2) is 0 Å². The fourth-order valence-corrected chi connectivity index (χ4v) is 3.02. The van der Waals surface area contributed by atoms with E-state index in [0.29, 0.717) is 6.04 Å². The third-order valence-corrected chi connectivity index (χ3v) is 4.64. The van der Waals surface area contributed by atoms with Crippen molar-refractivity contribution in [3.8, 4) is 0 Å². The molecule has 16 heavy (non-hydrogen) atoms. The number of rotatable bonds is 7. The van der Waals surface area contributed by atoms with Crippen molar-refractivity contribution < 1.29 is 0 Å². The molecule has 2 nitrogen and oxygen atoms in total. The van der Waals surface area contributed by atoms with Crippen LogP contribution in [0.1, 0.15) is 55.8 Å². The number of thiophene rings is 1. The minimum Gasteiger partial charge on any atom is -0.271 e. The van der Waals surface area contributed by atoms with E-state index in [1.54, 1.807) is 0 Å². The van der Waals surface area contributed by atoms with Crippen LogP contribution in [0, 0.1) is 5.92 Å². The van der Waals surface area contributed by atoms with E-state index in [0.717, 1.165) is 18.8 Å². The molecule has 0 saturated carbocycles. The molecule has 1 unspecified atom stereocenters. The second-order valence-corrected chi connectivity index (χ2v) is 5.50. The Morgan fingerprint density at radius 3 is 2.38 bits per heavy atom. The summed E-state index contributed by atoms with van der Waals surface area (Å²) in [6.07, 6.45) is 4.74. The number of nitrogens with one attached hydrogen (secondary N) is 1. The average molecular weight is 240 g/mol. The van der Waals surface area contributed by atoms with Crippen molar-refractivity contribution in [1.82, 2.24) is 5.43 Å². The molecule has 1 aromatic heterocycles. The Morgan fingerprint density at radius 1 is 1.25 bits per heavy atom. The normalized spacial score (nSPS) is 13.3. The molecule has 0 amide bonds. The quantitative estimate of drug-likeness (QED) is 0.564. The molecule has 1 atom stereocenters. The Morgan fingerprint density at radius 2 is 1.94 bits per heavy atom. The zero-order valence-electron chi connectivity index (χ0n) is 10.6. The van der Waals surface area contributed by atoms with Gasteiger partial charge in [0, 0.05) is 9.75 Å². The molecule has 0 saturated heterocycles. The summed E-state index contributed by atoms with van der Waals surface area (Å²) in [5, 5.41) is 0. The van der Waals surface area contributed by atoms with Crippen LogP contribution in [0.4, 0.5) is 0 Å². The van der Waals surface area contributed by atoms with E-state index >= 15 is 0 Å². The second-order valence-electron chi connectivity index (χ2n) is 4.30. The molecule has 1 heterocycles. The van der Waals surface area contributed by atoms with E-state index in [1.807, 2.05) is 11.3 Å². The average Bonchev–Trinajstić information content (AvgIpc) is 2.79. The third-order valence-electron chi connectivity index (χ3n) is 3.30. The molecule has 0 aliphatic carbocycles. The van der Waals surface area contributed by atoms with Gasteiger partial charge in [0.1, 0.15) is 0 Å². The van der Waals surface area contributed by atoms with Gasteiger partial charge in [-0.1, -0.05) is 33.6 Å². The van der Waals surface area contributed by atoms with Crippen molar-refractivity contribution in [2.24, 2.45) is 11.8 Å². The Hall–Kier alpha value is -0.380. The first kappa shape index (κ1) is 13.7. The molecule has 1 rings (SSSR count). The summed E-state index contributed by atoms with van der Waals surface area (Å²) in [6.45, 7) is 6.71. The highest BCUT2D eigenvalue weighted by Gasteiger charge is 2.16. The lowest BCUT2D eigenvalue weighted by Crippen LogP contribution is -2.29. The molecule has 3 N–H and O–H groups in total. The summed E-state index contributed by atoms with van der Waals surface area (Å²) in [4.78, 5) is 2.83. The molecule has 0 aromatic carbocycles. The second kappa shape index (κ2) is 7.05. The van der Waals surface area contributed by atoms with Gasteiger partial charge in [0.05, 0.1) is 6.04 Å². The first-order valence-electron chi connectivity index (χ1n) is 6.29. The largest absolute Gasteiger partial charge is 0.271 e. The fourth-order valence-electron chi connectivity index (χ4n) is 1.99. The summed E-state index contributed by atoms with van der Waals surface area (Å²) >= 11 is 1.89. The lowest BCUT2D eigenvalue weighted by Gasteiger charge is -2.20. The van der Waals surface area contributed by atoms with Gasteiger partial charge in [-0.05, 0) is 30.9 Å². The number of nitrogens with two attached hydrogens (primary N) is 1. The molecule has 0 aliphatic heterocycles. The lowest BCUT2D eigenvalue weighted by atomic mass is 9.94. The molecular weight excluding hydrogens is 216 g/mol. The summed E-state index contributed by atoms with van der Waals surface area (Å²) in [5.41, 5.74) is 2.97. The molecule has 92 valence electrons. The van der Waals surface area contributed by atoms with Crippen LogP contribution in [0.3, 0.4) is 0 Å². The highest BCUT2D eigenvalue weighted by Crippen LogP contribution is 2.29. The standard InChI is InChI=1S/C13H24N2S/c1-4-10(5-2)9-12(15-14)13-8-7-11(6-3)16-13/h7-8,10,12,15H,4-6,9,14H2,1-3H3. The SMILES string of the molecule is CCc1ccc(C(CC(CC)CC)NN)s1. The molecular formula is C13H24N2S. The number of hydrazine groups is 1. The predicted molar refractivity (Wildman–Crippen MR) is 72.5 cm³/mol. The Balaban J connectivity index is 2.66. The smallest absolute Gasteiger partial charge is 0.0556 e. The van der Waals surface area contributed by atoms with E-state index in [-0.39, 0.29) is 0 Å². The first-order chi connectivity index (χ1) is 7.74. The number of hydrogen-bond donors (Lipinski definition) is 2. The van der Waals surface area contributed by atoms with Crippen LogP contribution in [-0.4, -0.2) is 0 Å². The molecule has 1 aromatic rings. The van der Waals surface area contributed by atoms with Crippen LogP contribution in [0.5, 0.6) is 0 Å². The summed E-state index contributed by atoms with van der Waals surface area (Å²) in [7, 11) is 0. The molecule has 0 spiro atoms. The molecule has 3 heteroatoms. The minimum absolute atomic E-state index is 0.329. The topological polar surface area (TPSA) is 38.0 Å². The first-order valence-corrected chi connectivity index (χ1v) is 7.11. The highest BCUT2D eigenvalue weighted by molar-refractivity contribution is 7.12. The molecule has 0 fully saturated rings. The maximum absolute atomic E-state index is 5.67. The molecule has 0 aliphatic rings. The minimum atomic E-state index is 0.329. The van der Waals surface area contributed by atoms with Gasteiger partial charge in [-0.25, -0.2) is 0 Å². The van der Waals surface area contributed by atoms with Crippen LogP contribution in [-0.2, 0) is 6.42 Å². The number of aryl methyl sites for hydroxylation is 1. The van der Waals surface area contributed by atoms with Crippen LogP contribution >= 0.6 is 11.3 Å². The van der Waals surface area contributed by atoms with Gasteiger partial charge in [0.2, 0.25) is 0 Å². The Labute approximate surface area is 103 Å². The van der Waals surface area contributed by atoms with Crippen molar-refractivity contribution in [1.29, 1.82) is 0 Å². The van der Waals surface area contributed by atoms with Crippen molar-refractivity contribution >= 4 is 11.3 Å². The fraction of sp³-hybridized carbons (Fsp3) is 0.692. The van der Waals surface area contributed by atoms with Crippen molar-refractivity contribution in [3.05, 3.63) is 21.9 Å². The predicted octanol–water partition coefficient (Wildman–Crippen LogP) is 3.64. The van der Waals surface area contributed by atoms with Gasteiger partial charge >= 0.3 is 0 Å². The van der Waals surface area contributed by atoms with E-state index in [1.165, 1.54) is 22.6 Å². The lowest BCUT2D eigenvalue weighted by molar-refractivity contribution is 0.378. The van der Waals surface area contributed by atoms with Gasteiger partial charge in [-0.3, -0.25) is 11.3 Å². The third kappa shape index (κ3) is 3.58.